The largest absolute Gasteiger partial charge is 0.488 e. The highest BCUT2D eigenvalue weighted by Crippen LogP contribution is 2.35. The third-order valence-corrected chi connectivity index (χ3v) is 5.22. The average molecular weight is 328 g/mol. The molecule has 5 nitrogen and oxygen atoms in total. The fourth-order valence-corrected chi connectivity index (χ4v) is 3.77. The van der Waals surface area contributed by atoms with E-state index in [0.29, 0.717) is 13.0 Å². The fraction of sp³-hybridized carbons (Fsp3) is 0.579. The normalized spacial score (nSPS) is 26.7. The number of hydrogen-bond donors (Lipinski definition) is 0. The van der Waals surface area contributed by atoms with Crippen molar-refractivity contribution in [3.05, 3.63) is 30.3 Å². The maximum Gasteiger partial charge on any atom is 0.245 e. The molecule has 0 N–H and O–H groups in total. The minimum absolute atomic E-state index is 0.105. The van der Waals surface area contributed by atoms with Crippen LogP contribution in [0.1, 0.15) is 32.1 Å². The van der Waals surface area contributed by atoms with Crippen LogP contribution in [0.4, 0.5) is 0 Å². The van der Waals surface area contributed by atoms with Gasteiger partial charge in [0, 0.05) is 25.4 Å². The summed E-state index contributed by atoms with van der Waals surface area (Å²) in [5.74, 6) is 1.19. The first-order valence-corrected chi connectivity index (χ1v) is 9.03. The van der Waals surface area contributed by atoms with Gasteiger partial charge in [-0.1, -0.05) is 18.2 Å². The van der Waals surface area contributed by atoms with Crippen LogP contribution < -0.4 is 4.74 Å². The summed E-state index contributed by atoms with van der Waals surface area (Å²) >= 11 is 0. The van der Waals surface area contributed by atoms with Gasteiger partial charge < -0.3 is 14.5 Å². The first-order chi connectivity index (χ1) is 11.7. The molecule has 2 aliphatic heterocycles. The molecule has 2 saturated heterocycles. The summed E-state index contributed by atoms with van der Waals surface area (Å²) in [6, 6.07) is 9.31. The van der Waals surface area contributed by atoms with E-state index >= 15 is 0 Å². The maximum absolute atomic E-state index is 12.9. The fourth-order valence-electron chi connectivity index (χ4n) is 3.77. The number of carbonyl (C=O) groups is 2. The lowest BCUT2D eigenvalue weighted by molar-refractivity contribution is -0.143. The molecule has 3 aliphatic rings. The molecule has 2 heterocycles. The highest BCUT2D eigenvalue weighted by molar-refractivity contribution is 5.90. The quantitative estimate of drug-likeness (QED) is 0.850. The molecular weight excluding hydrogens is 304 g/mol. The van der Waals surface area contributed by atoms with Gasteiger partial charge in [-0.2, -0.15) is 0 Å². The van der Waals surface area contributed by atoms with Crippen LogP contribution in [0.5, 0.6) is 5.75 Å². The lowest BCUT2D eigenvalue weighted by atomic mass is 10.1. The van der Waals surface area contributed by atoms with Crippen molar-refractivity contribution in [3.8, 4) is 5.75 Å². The minimum atomic E-state index is -0.343. The summed E-state index contributed by atoms with van der Waals surface area (Å²) < 4.78 is 6.03. The van der Waals surface area contributed by atoms with Crippen molar-refractivity contribution in [2.45, 2.75) is 44.2 Å². The van der Waals surface area contributed by atoms with Crippen molar-refractivity contribution in [2.75, 3.05) is 19.6 Å². The molecule has 128 valence electrons. The van der Waals surface area contributed by atoms with Crippen molar-refractivity contribution < 1.29 is 14.3 Å². The highest BCUT2D eigenvalue weighted by atomic mass is 16.5. The number of para-hydroxylation sites is 1. The Morgan fingerprint density at radius 3 is 2.38 bits per heavy atom. The van der Waals surface area contributed by atoms with E-state index in [2.05, 4.69) is 0 Å². The molecule has 1 aliphatic carbocycles. The zero-order valence-corrected chi connectivity index (χ0v) is 13.9. The second kappa shape index (κ2) is 6.46. The molecule has 2 atom stereocenters. The van der Waals surface area contributed by atoms with Crippen LogP contribution in [-0.2, 0) is 9.59 Å². The van der Waals surface area contributed by atoms with E-state index in [1.165, 1.54) is 0 Å². The molecule has 0 spiro atoms. The second-order valence-electron chi connectivity index (χ2n) is 7.10. The average Bonchev–Trinajstić information content (AvgIpc) is 3.15. The summed E-state index contributed by atoms with van der Waals surface area (Å²) in [5, 5.41) is 0. The van der Waals surface area contributed by atoms with Crippen LogP contribution in [0.15, 0.2) is 30.3 Å². The number of nitrogens with zero attached hydrogens (tertiary/aromatic N) is 2. The lowest BCUT2D eigenvalue weighted by Gasteiger charge is -2.27. The Hall–Kier alpha value is -2.04. The van der Waals surface area contributed by atoms with E-state index < -0.39 is 0 Å². The van der Waals surface area contributed by atoms with E-state index in [1.807, 2.05) is 35.2 Å². The summed E-state index contributed by atoms with van der Waals surface area (Å²) in [6.07, 6.45) is 4.56. The molecule has 0 radical (unpaired) electrons. The molecule has 0 bridgehead atoms. The molecule has 5 heteroatoms. The standard InChI is InChI=1S/C19H24N2O3/c22-18(14-8-9-14)21-13-16(24-15-6-2-1-3-7-15)12-17(21)19(23)20-10-4-5-11-20/h1-3,6-7,14,16-17H,4-5,8-13H2/t16-,17-/m0/s1. The first-order valence-electron chi connectivity index (χ1n) is 9.03. The number of rotatable bonds is 4. The highest BCUT2D eigenvalue weighted by Gasteiger charge is 2.46. The molecule has 0 aromatic heterocycles. The van der Waals surface area contributed by atoms with Crippen molar-refractivity contribution in [2.24, 2.45) is 5.92 Å². The Labute approximate surface area is 142 Å². The first kappa shape index (κ1) is 15.5. The van der Waals surface area contributed by atoms with Crippen molar-refractivity contribution in [1.82, 2.24) is 9.80 Å². The second-order valence-corrected chi connectivity index (χ2v) is 7.10. The number of ether oxygens (including phenoxy) is 1. The predicted octanol–water partition coefficient (Wildman–Crippen LogP) is 2.07. The molecule has 1 saturated carbocycles. The SMILES string of the molecule is O=C([C@@H]1C[C@H](Oc2ccccc2)CN1C(=O)C1CC1)N1CCCC1. The topological polar surface area (TPSA) is 49.9 Å². The van der Waals surface area contributed by atoms with E-state index in [4.69, 9.17) is 4.74 Å². The van der Waals surface area contributed by atoms with Crippen LogP contribution in [-0.4, -0.2) is 53.4 Å². The summed E-state index contributed by atoms with van der Waals surface area (Å²) in [5.41, 5.74) is 0. The van der Waals surface area contributed by atoms with E-state index in [1.54, 1.807) is 4.90 Å². The van der Waals surface area contributed by atoms with Gasteiger partial charge in [0.25, 0.3) is 0 Å². The third kappa shape index (κ3) is 3.12. The van der Waals surface area contributed by atoms with Crippen LogP contribution in [0.2, 0.25) is 0 Å². The van der Waals surface area contributed by atoms with Crippen LogP contribution in [0, 0.1) is 5.92 Å². The number of likely N-dealkylation sites (tertiary alicyclic amines) is 2. The van der Waals surface area contributed by atoms with Crippen LogP contribution >= 0.6 is 0 Å². The van der Waals surface area contributed by atoms with Crippen LogP contribution in [0.25, 0.3) is 0 Å². The van der Waals surface area contributed by atoms with Gasteiger partial charge in [-0.3, -0.25) is 9.59 Å². The molecule has 1 aromatic rings. The predicted molar refractivity (Wildman–Crippen MR) is 89.5 cm³/mol. The van der Waals surface area contributed by atoms with Gasteiger partial charge >= 0.3 is 0 Å². The van der Waals surface area contributed by atoms with Gasteiger partial charge in [-0.25, -0.2) is 0 Å². The van der Waals surface area contributed by atoms with Crippen molar-refractivity contribution in [1.29, 1.82) is 0 Å². The number of hydrogen-bond acceptors (Lipinski definition) is 3. The van der Waals surface area contributed by atoms with Crippen LogP contribution in [0.3, 0.4) is 0 Å². The monoisotopic (exact) mass is 328 g/mol. The van der Waals surface area contributed by atoms with Gasteiger partial charge in [0.1, 0.15) is 17.9 Å². The Morgan fingerprint density at radius 2 is 1.71 bits per heavy atom. The zero-order chi connectivity index (χ0) is 16.5. The summed E-state index contributed by atoms with van der Waals surface area (Å²) in [4.78, 5) is 29.2. The van der Waals surface area contributed by atoms with E-state index in [9.17, 15) is 9.59 Å². The minimum Gasteiger partial charge on any atom is -0.488 e. The van der Waals surface area contributed by atoms with Gasteiger partial charge in [0.15, 0.2) is 0 Å². The van der Waals surface area contributed by atoms with E-state index in [0.717, 1.165) is 44.5 Å². The van der Waals surface area contributed by atoms with Gasteiger partial charge in [0.05, 0.1) is 6.54 Å². The van der Waals surface area contributed by atoms with Gasteiger partial charge in [-0.15, -0.1) is 0 Å². The van der Waals surface area contributed by atoms with Gasteiger partial charge in [-0.05, 0) is 37.8 Å². The number of amides is 2. The Morgan fingerprint density at radius 1 is 1.00 bits per heavy atom. The molecule has 0 unspecified atom stereocenters. The summed E-state index contributed by atoms with van der Waals surface area (Å²) in [6.45, 7) is 2.17. The zero-order valence-electron chi connectivity index (χ0n) is 13.9. The van der Waals surface area contributed by atoms with E-state index in [-0.39, 0.29) is 29.9 Å². The van der Waals surface area contributed by atoms with Gasteiger partial charge in [0.2, 0.25) is 11.8 Å². The molecule has 3 fully saturated rings. The summed E-state index contributed by atoms with van der Waals surface area (Å²) in [7, 11) is 0. The molecule has 4 rings (SSSR count). The maximum atomic E-state index is 12.9. The molecule has 24 heavy (non-hydrogen) atoms. The molecular formula is C19H24N2O3. The molecule has 2 amide bonds. The Balaban J connectivity index is 1.48. The van der Waals surface area contributed by atoms with Crippen molar-refractivity contribution >= 4 is 11.8 Å². The number of carbonyl (C=O) groups excluding carboxylic acids is 2. The lowest BCUT2D eigenvalue weighted by Crippen LogP contribution is -2.47. The van der Waals surface area contributed by atoms with Crippen molar-refractivity contribution in [3.63, 3.8) is 0 Å². The Bertz CT molecular complexity index is 608. The number of benzene rings is 1. The molecule has 1 aromatic carbocycles. The smallest absolute Gasteiger partial charge is 0.245 e. The third-order valence-electron chi connectivity index (χ3n) is 5.22. The Kier molecular flexibility index (Phi) is 4.17.